The van der Waals surface area contributed by atoms with E-state index in [1.165, 1.54) is 4.68 Å². The van der Waals surface area contributed by atoms with Crippen molar-refractivity contribution in [3.63, 3.8) is 0 Å². The van der Waals surface area contributed by atoms with Gasteiger partial charge in [-0.3, -0.25) is 0 Å². The van der Waals surface area contributed by atoms with Crippen molar-refractivity contribution in [1.82, 2.24) is 9.78 Å². The number of nitrogens with zero attached hydrogens (tertiary/aromatic N) is 2. The van der Waals surface area contributed by atoms with Crippen LogP contribution in [0.1, 0.15) is 23.5 Å². The van der Waals surface area contributed by atoms with Crippen molar-refractivity contribution in [2.75, 3.05) is 0 Å². The van der Waals surface area contributed by atoms with Crippen molar-refractivity contribution < 1.29 is 13.2 Å². The molecule has 1 aromatic carbocycles. The average Bonchev–Trinajstić information content (AvgIpc) is 2.85. The highest BCUT2D eigenvalue weighted by Crippen LogP contribution is 2.62. The molecule has 1 atom stereocenters. The van der Waals surface area contributed by atoms with Crippen molar-refractivity contribution in [2.45, 2.75) is 21.7 Å². The lowest BCUT2D eigenvalue weighted by atomic mass is 10.2. The predicted molar refractivity (Wildman–Crippen MR) is 99.2 cm³/mol. The van der Waals surface area contributed by atoms with Gasteiger partial charge in [-0.25, -0.2) is 4.68 Å². The smallest absolute Gasteiger partial charge is 0.237 e. The molecule has 23 heavy (non-hydrogen) atoms. The summed E-state index contributed by atoms with van der Waals surface area (Å²) >= 11 is 21.2. The first-order chi connectivity index (χ1) is 10.5. The number of benzene rings is 1. The molecule has 0 spiro atoms. The molecule has 1 aliphatic rings. The lowest BCUT2D eigenvalue weighted by Crippen LogP contribution is -2.07. The monoisotopic (exact) mass is 602 g/mol. The van der Waals surface area contributed by atoms with Gasteiger partial charge in [-0.15, -0.1) is 0 Å². The van der Waals surface area contributed by atoms with Crippen LogP contribution in [0.4, 0.5) is 13.2 Å². The summed E-state index contributed by atoms with van der Waals surface area (Å²) in [6.45, 7) is 0. The van der Waals surface area contributed by atoms with Crippen LogP contribution in [0.2, 0.25) is 10.0 Å². The minimum absolute atomic E-state index is 0.102. The molecule has 3 rings (SSSR count). The fourth-order valence-corrected chi connectivity index (χ4v) is 4.76. The molecule has 1 saturated carbocycles. The summed E-state index contributed by atoms with van der Waals surface area (Å²) in [5.74, 6) is 0.232. The van der Waals surface area contributed by atoms with Gasteiger partial charge in [-0.1, -0.05) is 55.1 Å². The molecule has 2 nitrogen and oxygen atoms in total. The predicted octanol–water partition coefficient (Wildman–Crippen LogP) is 6.78. The molecule has 0 bridgehead atoms. The van der Waals surface area contributed by atoms with Gasteiger partial charge in [-0.2, -0.15) is 18.3 Å². The van der Waals surface area contributed by atoms with Gasteiger partial charge in [-0.05, 0) is 41.1 Å². The zero-order valence-electron chi connectivity index (χ0n) is 10.9. The van der Waals surface area contributed by atoms with E-state index >= 15 is 0 Å². The second kappa shape index (κ2) is 6.03. The van der Waals surface area contributed by atoms with Crippen LogP contribution in [0.15, 0.2) is 18.3 Å². The summed E-state index contributed by atoms with van der Waals surface area (Å²) in [4.78, 5) is 0. The Bertz CT molecular complexity index is 769. The summed E-state index contributed by atoms with van der Waals surface area (Å²) in [6, 6.07) is 1.71. The van der Waals surface area contributed by atoms with Crippen LogP contribution in [0.5, 0.6) is 0 Å². The SMILES string of the molecule is FC(F)(F)c1cc(Cl)c(-n2cc(C3CC3(Br)Br)c(I)n2)c(Cl)c1. The van der Waals surface area contributed by atoms with E-state index in [0.717, 1.165) is 27.8 Å². The van der Waals surface area contributed by atoms with Gasteiger partial charge >= 0.3 is 6.18 Å². The normalized spacial score (nSPS) is 19.9. The Morgan fingerprint density at radius 3 is 2.22 bits per heavy atom. The van der Waals surface area contributed by atoms with Crippen LogP contribution in [0.25, 0.3) is 5.69 Å². The van der Waals surface area contributed by atoms with Gasteiger partial charge in [0.1, 0.15) is 9.39 Å². The summed E-state index contributed by atoms with van der Waals surface area (Å²) in [5.41, 5.74) is 0.327. The first-order valence-electron chi connectivity index (χ1n) is 6.20. The topological polar surface area (TPSA) is 17.8 Å². The van der Waals surface area contributed by atoms with E-state index < -0.39 is 11.7 Å². The Morgan fingerprint density at radius 2 is 1.78 bits per heavy atom. The minimum atomic E-state index is -4.50. The van der Waals surface area contributed by atoms with Gasteiger partial charge in [0, 0.05) is 17.7 Å². The van der Waals surface area contributed by atoms with E-state index in [9.17, 15) is 13.2 Å². The average molecular weight is 605 g/mol. The van der Waals surface area contributed by atoms with E-state index in [1.54, 1.807) is 6.20 Å². The first kappa shape index (κ1) is 18.3. The zero-order chi connectivity index (χ0) is 17.2. The fourth-order valence-electron chi connectivity index (χ4n) is 2.21. The van der Waals surface area contributed by atoms with Gasteiger partial charge in [0.15, 0.2) is 0 Å². The number of rotatable bonds is 2. The molecule has 1 fully saturated rings. The molecule has 124 valence electrons. The molecule has 10 heteroatoms. The highest BCUT2D eigenvalue weighted by Gasteiger charge is 2.52. The number of halogens is 8. The van der Waals surface area contributed by atoms with E-state index in [0.29, 0.717) is 0 Å². The Balaban J connectivity index is 2.05. The van der Waals surface area contributed by atoms with Crippen LogP contribution in [-0.4, -0.2) is 13.0 Å². The summed E-state index contributed by atoms with van der Waals surface area (Å²) < 4.78 is 40.4. The van der Waals surface area contributed by atoms with Crippen LogP contribution >= 0.6 is 77.7 Å². The largest absolute Gasteiger partial charge is 0.416 e. The van der Waals surface area contributed by atoms with Gasteiger partial charge in [0.25, 0.3) is 0 Å². The quantitative estimate of drug-likeness (QED) is 0.273. The molecule has 2 aromatic rings. The molecule has 1 unspecified atom stereocenters. The van der Waals surface area contributed by atoms with Crippen LogP contribution in [-0.2, 0) is 6.18 Å². The maximum absolute atomic E-state index is 12.8. The molecule has 1 aromatic heterocycles. The Hall–Kier alpha value is 0.490. The third kappa shape index (κ3) is 3.56. The third-order valence-electron chi connectivity index (χ3n) is 3.47. The Labute approximate surface area is 170 Å². The maximum atomic E-state index is 12.8. The highest BCUT2D eigenvalue weighted by atomic mass is 127. The van der Waals surface area contributed by atoms with Crippen molar-refractivity contribution in [2.24, 2.45) is 0 Å². The van der Waals surface area contributed by atoms with E-state index in [-0.39, 0.29) is 24.9 Å². The van der Waals surface area contributed by atoms with Crippen LogP contribution in [0.3, 0.4) is 0 Å². The van der Waals surface area contributed by atoms with E-state index in [1.807, 2.05) is 0 Å². The summed E-state index contributed by atoms with van der Waals surface area (Å²) in [7, 11) is 0. The molecule has 0 N–H and O–H groups in total. The lowest BCUT2D eigenvalue weighted by molar-refractivity contribution is -0.137. The van der Waals surface area contributed by atoms with Gasteiger partial charge in [0.2, 0.25) is 0 Å². The van der Waals surface area contributed by atoms with Gasteiger partial charge < -0.3 is 0 Å². The molecule has 0 aliphatic heterocycles. The van der Waals surface area contributed by atoms with Crippen LogP contribution in [0, 0.1) is 3.70 Å². The first-order valence-corrected chi connectivity index (χ1v) is 9.62. The number of hydrogen-bond donors (Lipinski definition) is 0. The molecular weight excluding hydrogens is 599 g/mol. The van der Waals surface area contributed by atoms with Crippen molar-refractivity contribution in [3.05, 3.63) is 43.2 Å². The molecule has 0 amide bonds. The lowest BCUT2D eigenvalue weighted by Gasteiger charge is -2.12. The molecule has 0 saturated heterocycles. The standard InChI is InChI=1S/C13H6Br2Cl2F3IN2/c14-12(15)3-7(12)6-4-23(22-11(6)21)10-8(16)1-5(2-9(10)17)13(18,19)20/h1-2,4,7H,3H2. The number of aromatic nitrogens is 2. The fraction of sp³-hybridized carbons (Fsp3) is 0.308. The Kier molecular flexibility index (Phi) is 4.80. The van der Waals surface area contributed by atoms with Crippen LogP contribution < -0.4 is 0 Å². The van der Waals surface area contributed by atoms with Gasteiger partial charge in [0.05, 0.1) is 18.8 Å². The second-order valence-corrected chi connectivity index (χ2v) is 10.9. The van der Waals surface area contributed by atoms with Crippen molar-refractivity contribution in [1.29, 1.82) is 0 Å². The van der Waals surface area contributed by atoms with Crippen molar-refractivity contribution in [3.8, 4) is 5.69 Å². The Morgan fingerprint density at radius 1 is 1.26 bits per heavy atom. The molecule has 0 radical (unpaired) electrons. The van der Waals surface area contributed by atoms with E-state index in [2.05, 4.69) is 59.5 Å². The second-order valence-electron chi connectivity index (χ2n) is 5.12. The highest BCUT2D eigenvalue weighted by molar-refractivity contribution is 14.1. The van der Waals surface area contributed by atoms with Crippen molar-refractivity contribution >= 4 is 77.7 Å². The summed E-state index contributed by atoms with van der Waals surface area (Å²) in [6.07, 6.45) is -1.87. The molecule has 1 aliphatic carbocycles. The maximum Gasteiger partial charge on any atom is 0.416 e. The summed E-state index contributed by atoms with van der Waals surface area (Å²) in [5, 5.41) is 4.13. The minimum Gasteiger partial charge on any atom is -0.237 e. The van der Waals surface area contributed by atoms with E-state index in [4.69, 9.17) is 23.2 Å². The zero-order valence-corrected chi connectivity index (χ0v) is 17.8. The number of alkyl halides is 5. The third-order valence-corrected chi connectivity index (χ3v) is 6.64. The molecular formula is C13H6Br2Cl2F3IN2. The molecule has 1 heterocycles. The number of hydrogen-bond acceptors (Lipinski definition) is 1.